The molecule has 10 aromatic carbocycles. The molecule has 0 fully saturated rings. The van der Waals surface area contributed by atoms with E-state index in [1.807, 2.05) is 0 Å². The van der Waals surface area contributed by atoms with Crippen molar-refractivity contribution >= 4 is 0 Å². The highest BCUT2D eigenvalue weighted by atomic mass is 14.5. The summed E-state index contributed by atoms with van der Waals surface area (Å²) in [6.07, 6.45) is 0. The molecule has 0 spiro atoms. The fraction of sp³-hybridized carbons (Fsp3) is 0.0476. The van der Waals surface area contributed by atoms with E-state index in [-0.39, 0.29) is 11.8 Å². The maximum atomic E-state index is 2.58. The summed E-state index contributed by atoms with van der Waals surface area (Å²) in [6, 6.07) is 91.1. The number of rotatable bonds is 6. The molecule has 294 valence electrons. The Kier molecular flexibility index (Phi) is 8.05. The highest BCUT2D eigenvalue weighted by Gasteiger charge is 2.47. The van der Waals surface area contributed by atoms with E-state index in [1.165, 1.54) is 111 Å². The summed E-state index contributed by atoms with van der Waals surface area (Å²) in [5, 5.41) is 0. The van der Waals surface area contributed by atoms with Crippen LogP contribution in [-0.2, 0) is 5.41 Å². The standard InChI is InChI=1S/C63H42/c1-5-17-41(18-6-1)42-29-31-44(32-30-42)62-53-36-34-46(45-33-35-52-54(37-45)49-25-13-14-27-51(49)61(52)43-19-7-2-8-20-43)38-55(53)56-40-60-57(39-58(56)62)50-26-15-16-28-59(50)63(60,47-21-9-3-10-22-47)48-23-11-4-12-24-48/h1-40,61-62H. The molecule has 0 N–H and O–H groups in total. The number of fused-ring (bicyclic) bond motifs is 9. The van der Waals surface area contributed by atoms with Crippen molar-refractivity contribution in [1.82, 2.24) is 0 Å². The van der Waals surface area contributed by atoms with Crippen LogP contribution in [-0.4, -0.2) is 0 Å². The van der Waals surface area contributed by atoms with E-state index in [0.717, 1.165) is 0 Å². The molecule has 63 heavy (non-hydrogen) atoms. The summed E-state index contributed by atoms with van der Waals surface area (Å²) in [7, 11) is 0. The van der Waals surface area contributed by atoms with Gasteiger partial charge in [0.05, 0.1) is 5.41 Å². The smallest absolute Gasteiger partial charge is 0.0622 e. The van der Waals surface area contributed by atoms with Crippen molar-refractivity contribution in [2.24, 2.45) is 0 Å². The van der Waals surface area contributed by atoms with Crippen molar-refractivity contribution in [3.63, 3.8) is 0 Å². The van der Waals surface area contributed by atoms with Crippen LogP contribution in [0.15, 0.2) is 243 Å². The maximum absolute atomic E-state index is 2.58. The predicted octanol–water partition coefficient (Wildman–Crippen LogP) is 15.7. The summed E-state index contributed by atoms with van der Waals surface area (Å²) in [5.74, 6) is 0.321. The van der Waals surface area contributed by atoms with Crippen LogP contribution in [0.25, 0.3) is 55.6 Å². The average Bonchev–Trinajstić information content (AvgIpc) is 3.97. The molecular weight excluding hydrogens is 757 g/mol. The summed E-state index contributed by atoms with van der Waals surface area (Å²) in [6.45, 7) is 0. The van der Waals surface area contributed by atoms with Crippen LogP contribution >= 0.6 is 0 Å². The van der Waals surface area contributed by atoms with Crippen LogP contribution in [0.5, 0.6) is 0 Å². The Morgan fingerprint density at radius 3 is 1.33 bits per heavy atom. The van der Waals surface area contributed by atoms with E-state index in [4.69, 9.17) is 0 Å². The third kappa shape index (κ3) is 5.35. The third-order valence-corrected chi connectivity index (χ3v) is 14.3. The molecule has 0 saturated carbocycles. The molecule has 0 radical (unpaired) electrons. The first kappa shape index (κ1) is 35.9. The Balaban J connectivity index is 1.03. The van der Waals surface area contributed by atoms with Crippen LogP contribution in [0.2, 0.25) is 0 Å². The van der Waals surface area contributed by atoms with Gasteiger partial charge < -0.3 is 0 Å². The first-order valence-corrected chi connectivity index (χ1v) is 22.2. The van der Waals surface area contributed by atoms with Gasteiger partial charge in [0.15, 0.2) is 0 Å². The zero-order valence-electron chi connectivity index (χ0n) is 34.7. The summed E-state index contributed by atoms with van der Waals surface area (Å²) < 4.78 is 0. The summed E-state index contributed by atoms with van der Waals surface area (Å²) >= 11 is 0. The lowest BCUT2D eigenvalue weighted by atomic mass is 9.67. The lowest BCUT2D eigenvalue weighted by molar-refractivity contribution is 0.768. The fourth-order valence-electron chi connectivity index (χ4n) is 11.6. The van der Waals surface area contributed by atoms with Crippen LogP contribution in [0.4, 0.5) is 0 Å². The highest BCUT2D eigenvalue weighted by molar-refractivity contribution is 5.94. The van der Waals surface area contributed by atoms with Crippen molar-refractivity contribution in [3.05, 3.63) is 298 Å². The molecule has 0 bridgehead atoms. The molecule has 0 aliphatic heterocycles. The van der Waals surface area contributed by atoms with E-state index >= 15 is 0 Å². The van der Waals surface area contributed by atoms with Crippen molar-refractivity contribution in [2.75, 3.05) is 0 Å². The molecule has 0 nitrogen and oxygen atoms in total. The van der Waals surface area contributed by atoms with Crippen molar-refractivity contribution < 1.29 is 0 Å². The van der Waals surface area contributed by atoms with Crippen LogP contribution in [0.1, 0.15) is 67.5 Å². The Morgan fingerprint density at radius 1 is 0.238 bits per heavy atom. The van der Waals surface area contributed by atoms with Crippen molar-refractivity contribution in [3.8, 4) is 55.6 Å². The largest absolute Gasteiger partial charge is 0.0713 e. The van der Waals surface area contributed by atoms with Gasteiger partial charge in [0.25, 0.3) is 0 Å². The first-order chi connectivity index (χ1) is 31.3. The van der Waals surface area contributed by atoms with Gasteiger partial charge in [-0.2, -0.15) is 0 Å². The topological polar surface area (TPSA) is 0 Å². The zero-order valence-corrected chi connectivity index (χ0v) is 34.7. The predicted molar refractivity (Wildman–Crippen MR) is 260 cm³/mol. The average molecular weight is 799 g/mol. The van der Waals surface area contributed by atoms with E-state index in [0.29, 0.717) is 0 Å². The monoisotopic (exact) mass is 798 g/mol. The molecule has 3 aliphatic rings. The normalized spacial score (nSPS) is 15.7. The van der Waals surface area contributed by atoms with E-state index in [1.54, 1.807) is 0 Å². The zero-order chi connectivity index (χ0) is 41.5. The minimum atomic E-state index is -0.473. The van der Waals surface area contributed by atoms with Crippen LogP contribution < -0.4 is 0 Å². The molecule has 10 aromatic rings. The molecule has 2 atom stereocenters. The van der Waals surface area contributed by atoms with E-state index in [2.05, 4.69) is 243 Å². The maximum Gasteiger partial charge on any atom is 0.0713 e. The van der Waals surface area contributed by atoms with Gasteiger partial charge >= 0.3 is 0 Å². The number of hydrogen-bond donors (Lipinski definition) is 0. The molecular formula is C63H42. The van der Waals surface area contributed by atoms with Gasteiger partial charge in [-0.15, -0.1) is 0 Å². The molecule has 0 amide bonds. The van der Waals surface area contributed by atoms with Gasteiger partial charge in [-0.1, -0.05) is 218 Å². The fourth-order valence-corrected chi connectivity index (χ4v) is 11.6. The minimum absolute atomic E-state index is 0.0910. The second-order valence-corrected chi connectivity index (χ2v) is 17.5. The van der Waals surface area contributed by atoms with Crippen molar-refractivity contribution in [1.29, 1.82) is 0 Å². The summed E-state index contributed by atoms with van der Waals surface area (Å²) in [5.41, 5.74) is 25.8. The van der Waals surface area contributed by atoms with Gasteiger partial charge in [-0.25, -0.2) is 0 Å². The van der Waals surface area contributed by atoms with Gasteiger partial charge in [-0.3, -0.25) is 0 Å². The van der Waals surface area contributed by atoms with Crippen LogP contribution in [0.3, 0.4) is 0 Å². The number of benzene rings is 10. The summed E-state index contributed by atoms with van der Waals surface area (Å²) in [4.78, 5) is 0. The molecule has 3 aliphatic carbocycles. The quantitative estimate of drug-likeness (QED) is 0.157. The van der Waals surface area contributed by atoms with Gasteiger partial charge in [0, 0.05) is 11.8 Å². The SMILES string of the molecule is c1ccc(-c2ccc(C3c4ccc(-c5ccc6c(c5)-c5ccccc5C6c5ccccc5)cc4-c4cc5c(cc43)-c3ccccc3C5(c3ccccc3)c3ccccc3)cc2)cc1. The van der Waals surface area contributed by atoms with E-state index in [9.17, 15) is 0 Å². The lowest BCUT2D eigenvalue weighted by Gasteiger charge is -2.34. The second kappa shape index (κ2) is 14.1. The molecule has 0 aromatic heterocycles. The number of hydrogen-bond acceptors (Lipinski definition) is 0. The lowest BCUT2D eigenvalue weighted by Crippen LogP contribution is -2.28. The van der Waals surface area contributed by atoms with Gasteiger partial charge in [0.1, 0.15) is 0 Å². The Morgan fingerprint density at radius 2 is 0.683 bits per heavy atom. The Hall–Kier alpha value is -7.80. The van der Waals surface area contributed by atoms with Gasteiger partial charge in [-0.05, 0) is 136 Å². The Bertz CT molecular complexity index is 3320. The molecule has 13 rings (SSSR count). The first-order valence-electron chi connectivity index (χ1n) is 22.2. The van der Waals surface area contributed by atoms with Crippen LogP contribution in [0, 0.1) is 0 Å². The highest BCUT2D eigenvalue weighted by Crippen LogP contribution is 2.60. The molecule has 0 heterocycles. The minimum Gasteiger partial charge on any atom is -0.0622 e. The molecule has 2 unspecified atom stereocenters. The second-order valence-electron chi connectivity index (χ2n) is 17.5. The molecule has 0 saturated heterocycles. The van der Waals surface area contributed by atoms with Gasteiger partial charge in [0.2, 0.25) is 0 Å². The third-order valence-electron chi connectivity index (χ3n) is 14.3. The van der Waals surface area contributed by atoms with Crippen molar-refractivity contribution in [2.45, 2.75) is 17.3 Å². The molecule has 0 heteroatoms. The van der Waals surface area contributed by atoms with E-state index < -0.39 is 5.41 Å². The Labute approximate surface area is 369 Å².